The molecule has 0 saturated heterocycles. The van der Waals surface area contributed by atoms with Crippen LogP contribution in [0.25, 0.3) is 0 Å². The number of nitrogens with zero attached hydrogens (tertiary/aromatic N) is 1. The van der Waals surface area contributed by atoms with Crippen molar-refractivity contribution in [2.75, 3.05) is 6.61 Å². The molecule has 3 unspecified atom stereocenters. The molecule has 5 heteroatoms. The van der Waals surface area contributed by atoms with Crippen molar-refractivity contribution in [2.24, 2.45) is 17.3 Å². The van der Waals surface area contributed by atoms with Gasteiger partial charge in [-0.1, -0.05) is 50.8 Å². The first-order valence-corrected chi connectivity index (χ1v) is 7.32. The predicted molar refractivity (Wildman–Crippen MR) is 83.3 cm³/mol. The molecule has 0 heterocycles. The first-order valence-electron chi connectivity index (χ1n) is 7.32. The minimum absolute atomic E-state index is 0.0266. The van der Waals surface area contributed by atoms with Crippen LogP contribution in [0.5, 0.6) is 0 Å². The van der Waals surface area contributed by atoms with Crippen molar-refractivity contribution < 1.29 is 19.4 Å². The molecule has 1 aromatic carbocycles. The van der Waals surface area contributed by atoms with E-state index >= 15 is 0 Å². The van der Waals surface area contributed by atoms with Gasteiger partial charge in [-0.05, 0) is 5.41 Å². The summed E-state index contributed by atoms with van der Waals surface area (Å²) in [6.45, 7) is 6.79. The minimum atomic E-state index is -1.07. The van der Waals surface area contributed by atoms with Gasteiger partial charge in [-0.2, -0.15) is 5.26 Å². The summed E-state index contributed by atoms with van der Waals surface area (Å²) in [5.74, 6) is -1.79. The number of carbonyl (C=O) groups is 2. The Bertz CT molecular complexity index is 672. The van der Waals surface area contributed by atoms with Crippen LogP contribution < -0.4 is 0 Å². The van der Waals surface area contributed by atoms with Crippen LogP contribution in [0, 0.1) is 28.6 Å². The second-order valence-corrected chi connectivity index (χ2v) is 6.30. The van der Waals surface area contributed by atoms with Crippen molar-refractivity contribution >= 4 is 11.8 Å². The number of ketones is 1. The van der Waals surface area contributed by atoms with Crippen molar-refractivity contribution in [1.82, 2.24) is 0 Å². The molecule has 1 aliphatic rings. The number of aliphatic hydroxyl groups is 1. The van der Waals surface area contributed by atoms with Crippen LogP contribution in [-0.2, 0) is 9.53 Å². The number of nitriles is 1. The van der Waals surface area contributed by atoms with E-state index < -0.39 is 29.3 Å². The maximum absolute atomic E-state index is 12.2. The maximum Gasteiger partial charge on any atom is 0.310 e. The standard InChI is InChI=1S/C18H19NO4/c1-11(9-19)16(21)14-15(18(14,2)3)17(22)23-10-13(20)12-7-5-4-6-8-12/h4-8,14-16,21H,1,10H2,2-3H3. The molecule has 0 aliphatic heterocycles. The average molecular weight is 313 g/mol. The molecule has 23 heavy (non-hydrogen) atoms. The highest BCUT2D eigenvalue weighted by Gasteiger charge is 2.65. The first-order chi connectivity index (χ1) is 10.8. The van der Waals surface area contributed by atoms with E-state index in [4.69, 9.17) is 10.00 Å². The summed E-state index contributed by atoms with van der Waals surface area (Å²) in [7, 11) is 0. The number of carbonyl (C=O) groups excluding carboxylic acids is 2. The van der Waals surface area contributed by atoms with Gasteiger partial charge in [0, 0.05) is 11.5 Å². The number of benzene rings is 1. The fourth-order valence-corrected chi connectivity index (χ4v) is 2.93. The molecule has 3 atom stereocenters. The molecule has 0 spiro atoms. The fraction of sp³-hybridized carbons (Fsp3) is 0.389. The normalized spacial score (nSPS) is 22.5. The van der Waals surface area contributed by atoms with Gasteiger partial charge in [0.2, 0.25) is 0 Å². The number of ether oxygens (including phenoxy) is 1. The van der Waals surface area contributed by atoms with Crippen molar-refractivity contribution in [1.29, 1.82) is 5.26 Å². The number of aliphatic hydroxyl groups excluding tert-OH is 1. The molecule has 1 aliphatic carbocycles. The molecule has 0 radical (unpaired) electrons. The Morgan fingerprint density at radius 3 is 2.57 bits per heavy atom. The number of hydrogen-bond donors (Lipinski definition) is 1. The molecule has 5 nitrogen and oxygen atoms in total. The summed E-state index contributed by atoms with van der Waals surface area (Å²) in [5, 5.41) is 18.9. The van der Waals surface area contributed by atoms with E-state index in [2.05, 4.69) is 6.58 Å². The number of Topliss-reactive ketones (excluding diaryl/α,β-unsaturated/α-hetero) is 1. The third-order valence-corrected chi connectivity index (χ3v) is 4.45. The highest BCUT2D eigenvalue weighted by Crippen LogP contribution is 2.61. The summed E-state index contributed by atoms with van der Waals surface area (Å²) >= 11 is 0. The number of rotatable bonds is 6. The molecule has 1 fully saturated rings. The number of esters is 1. The Labute approximate surface area is 135 Å². The zero-order chi connectivity index (χ0) is 17.2. The van der Waals surface area contributed by atoms with E-state index in [0.717, 1.165) is 0 Å². The van der Waals surface area contributed by atoms with Gasteiger partial charge in [0.25, 0.3) is 0 Å². The number of hydrogen-bond acceptors (Lipinski definition) is 5. The van der Waals surface area contributed by atoms with Gasteiger partial charge in [0.1, 0.15) is 0 Å². The summed E-state index contributed by atoms with van der Waals surface area (Å²) in [6.07, 6.45) is -1.07. The summed E-state index contributed by atoms with van der Waals surface area (Å²) in [5.41, 5.74) is 0.00931. The largest absolute Gasteiger partial charge is 0.457 e. The van der Waals surface area contributed by atoms with Gasteiger partial charge in [-0.25, -0.2) is 0 Å². The van der Waals surface area contributed by atoms with Crippen molar-refractivity contribution in [2.45, 2.75) is 20.0 Å². The second kappa shape index (κ2) is 6.35. The highest BCUT2D eigenvalue weighted by atomic mass is 16.5. The Hall–Kier alpha value is -2.45. The molecular weight excluding hydrogens is 294 g/mol. The Morgan fingerprint density at radius 2 is 2.00 bits per heavy atom. The van der Waals surface area contributed by atoms with Gasteiger partial charge >= 0.3 is 5.97 Å². The molecule has 120 valence electrons. The molecule has 1 aromatic rings. The minimum Gasteiger partial charge on any atom is -0.457 e. The quantitative estimate of drug-likeness (QED) is 0.494. The van der Waals surface area contributed by atoms with Crippen LogP contribution in [0.3, 0.4) is 0 Å². The van der Waals surface area contributed by atoms with Gasteiger partial charge in [0.15, 0.2) is 12.4 Å². The zero-order valence-electron chi connectivity index (χ0n) is 13.2. The van der Waals surface area contributed by atoms with Gasteiger partial charge < -0.3 is 9.84 Å². The highest BCUT2D eigenvalue weighted by molar-refractivity contribution is 5.98. The van der Waals surface area contributed by atoms with E-state index in [0.29, 0.717) is 5.56 Å². The SMILES string of the molecule is C=C(C#N)C(O)C1C(C(=O)OCC(=O)c2ccccc2)C1(C)C. The van der Waals surface area contributed by atoms with E-state index in [1.165, 1.54) is 0 Å². The third kappa shape index (κ3) is 3.33. The lowest BCUT2D eigenvalue weighted by Gasteiger charge is -2.08. The predicted octanol–water partition coefficient (Wildman–Crippen LogP) is 2.13. The molecule has 1 N–H and O–H groups in total. The Balaban J connectivity index is 1.95. The lowest BCUT2D eigenvalue weighted by atomic mass is 10.0. The smallest absolute Gasteiger partial charge is 0.310 e. The van der Waals surface area contributed by atoms with Gasteiger partial charge in [-0.3, -0.25) is 9.59 Å². The Kier molecular flexibility index (Phi) is 4.67. The van der Waals surface area contributed by atoms with Crippen molar-refractivity contribution in [3.05, 3.63) is 48.0 Å². The van der Waals surface area contributed by atoms with Crippen LogP contribution in [0.1, 0.15) is 24.2 Å². The van der Waals surface area contributed by atoms with Gasteiger partial charge in [-0.15, -0.1) is 0 Å². The molecule has 0 bridgehead atoms. The van der Waals surface area contributed by atoms with Crippen LogP contribution in [0.4, 0.5) is 0 Å². The van der Waals surface area contributed by atoms with Crippen LogP contribution in [-0.4, -0.2) is 29.6 Å². The van der Waals surface area contributed by atoms with Crippen molar-refractivity contribution in [3.63, 3.8) is 0 Å². The summed E-state index contributed by atoms with van der Waals surface area (Å²) < 4.78 is 5.10. The third-order valence-electron chi connectivity index (χ3n) is 4.45. The lowest BCUT2D eigenvalue weighted by molar-refractivity contribution is -0.145. The molecule has 0 aromatic heterocycles. The van der Waals surface area contributed by atoms with Crippen LogP contribution in [0.2, 0.25) is 0 Å². The van der Waals surface area contributed by atoms with Crippen molar-refractivity contribution in [3.8, 4) is 6.07 Å². The fourth-order valence-electron chi connectivity index (χ4n) is 2.93. The topological polar surface area (TPSA) is 87.4 Å². The van der Waals surface area contributed by atoms with E-state index in [9.17, 15) is 14.7 Å². The average Bonchev–Trinajstić information content (AvgIpc) is 3.13. The van der Waals surface area contributed by atoms with Crippen LogP contribution >= 0.6 is 0 Å². The van der Waals surface area contributed by atoms with E-state index in [-0.39, 0.29) is 18.0 Å². The Morgan fingerprint density at radius 1 is 1.39 bits per heavy atom. The maximum atomic E-state index is 12.2. The molecule has 2 rings (SSSR count). The van der Waals surface area contributed by atoms with E-state index in [1.807, 2.05) is 13.8 Å². The lowest BCUT2D eigenvalue weighted by Crippen LogP contribution is -2.19. The monoisotopic (exact) mass is 313 g/mol. The molecular formula is C18H19NO4. The zero-order valence-corrected chi connectivity index (χ0v) is 13.2. The summed E-state index contributed by atoms with van der Waals surface area (Å²) in [6, 6.07) is 10.4. The van der Waals surface area contributed by atoms with Crippen LogP contribution in [0.15, 0.2) is 42.5 Å². The second-order valence-electron chi connectivity index (χ2n) is 6.30. The van der Waals surface area contributed by atoms with Gasteiger partial charge in [0.05, 0.1) is 23.7 Å². The first kappa shape index (κ1) is 16.9. The van der Waals surface area contributed by atoms with E-state index in [1.54, 1.807) is 36.4 Å². The molecule has 1 saturated carbocycles. The summed E-state index contributed by atoms with van der Waals surface area (Å²) in [4.78, 5) is 24.1. The molecule has 0 amide bonds.